The number of carbonyl (C=O) groups is 2. The second-order valence-electron chi connectivity index (χ2n) is 4.95. The fourth-order valence-corrected chi connectivity index (χ4v) is 2.42. The number of fused-ring (bicyclic) bond motifs is 1. The van der Waals surface area contributed by atoms with E-state index in [1.807, 2.05) is 6.07 Å². The lowest BCUT2D eigenvalue weighted by atomic mass is 10.0. The molecule has 2 heterocycles. The van der Waals surface area contributed by atoms with Crippen molar-refractivity contribution in [1.29, 1.82) is 0 Å². The van der Waals surface area contributed by atoms with Crippen LogP contribution in [0.2, 0.25) is 5.02 Å². The van der Waals surface area contributed by atoms with Gasteiger partial charge in [-0.05, 0) is 29.8 Å². The molecule has 0 fully saturated rings. The maximum absolute atomic E-state index is 12.2. The fraction of sp³-hybridized carbons (Fsp3) is 0.188. The van der Waals surface area contributed by atoms with Crippen molar-refractivity contribution in [3.8, 4) is 5.75 Å². The second-order valence-corrected chi connectivity index (χ2v) is 5.39. The molecule has 1 aliphatic rings. The molecule has 6 heteroatoms. The number of ketones is 1. The zero-order valence-corrected chi connectivity index (χ0v) is 12.3. The van der Waals surface area contributed by atoms with Crippen molar-refractivity contribution in [3.05, 3.63) is 58.9 Å². The van der Waals surface area contributed by atoms with Crippen LogP contribution in [0.3, 0.4) is 0 Å². The maximum Gasteiger partial charge on any atom is 0.261 e. The van der Waals surface area contributed by atoms with Crippen LogP contribution in [0.1, 0.15) is 22.3 Å². The molecule has 0 bridgehead atoms. The van der Waals surface area contributed by atoms with Crippen molar-refractivity contribution in [2.45, 2.75) is 19.1 Å². The number of ether oxygens (including phenoxy) is 1. The lowest BCUT2D eigenvalue weighted by Gasteiger charge is -2.24. The van der Waals surface area contributed by atoms with Gasteiger partial charge in [-0.2, -0.15) is 0 Å². The zero-order chi connectivity index (χ0) is 15.5. The third-order valence-electron chi connectivity index (χ3n) is 3.36. The summed E-state index contributed by atoms with van der Waals surface area (Å²) < 4.78 is 5.60. The van der Waals surface area contributed by atoms with Gasteiger partial charge in [-0.15, -0.1) is 0 Å². The van der Waals surface area contributed by atoms with Crippen molar-refractivity contribution in [2.24, 2.45) is 0 Å². The molecule has 1 N–H and O–H groups in total. The summed E-state index contributed by atoms with van der Waals surface area (Å²) in [4.78, 5) is 28.2. The predicted octanol–water partition coefficient (Wildman–Crippen LogP) is 2.39. The molecule has 22 heavy (non-hydrogen) atoms. The number of carbonyl (C=O) groups excluding carboxylic acids is 2. The minimum absolute atomic E-state index is 0.00617. The van der Waals surface area contributed by atoms with E-state index in [4.69, 9.17) is 16.3 Å². The first-order valence-electron chi connectivity index (χ1n) is 6.79. The van der Waals surface area contributed by atoms with Crippen LogP contribution < -0.4 is 10.1 Å². The summed E-state index contributed by atoms with van der Waals surface area (Å²) in [5.41, 5.74) is 1.30. The molecule has 112 valence electrons. The van der Waals surface area contributed by atoms with Gasteiger partial charge in [-0.3, -0.25) is 14.6 Å². The van der Waals surface area contributed by atoms with Gasteiger partial charge in [0.2, 0.25) is 0 Å². The van der Waals surface area contributed by atoms with Gasteiger partial charge < -0.3 is 10.1 Å². The average molecular weight is 317 g/mol. The van der Waals surface area contributed by atoms with Gasteiger partial charge in [0.25, 0.3) is 5.91 Å². The van der Waals surface area contributed by atoms with E-state index in [1.54, 1.807) is 36.7 Å². The Balaban J connectivity index is 1.67. The van der Waals surface area contributed by atoms with Crippen LogP contribution in [-0.4, -0.2) is 22.8 Å². The zero-order valence-electron chi connectivity index (χ0n) is 11.6. The number of rotatable bonds is 3. The Bertz CT molecular complexity index is 719. The average Bonchev–Trinajstić information content (AvgIpc) is 2.54. The highest BCUT2D eigenvalue weighted by Crippen LogP contribution is 2.30. The standard InChI is InChI=1S/C16H13ClN2O3/c17-11-3-4-14-12(6-11)13(20)7-15(22-14)16(21)19-9-10-2-1-5-18-8-10/h1-6,8,15H,7,9H2,(H,19,21)/t15-/m1/s1. The van der Waals surface area contributed by atoms with Gasteiger partial charge in [0.15, 0.2) is 11.9 Å². The van der Waals surface area contributed by atoms with Gasteiger partial charge in [0.1, 0.15) is 5.75 Å². The number of nitrogens with zero attached hydrogens (tertiary/aromatic N) is 1. The highest BCUT2D eigenvalue weighted by Gasteiger charge is 2.31. The summed E-state index contributed by atoms with van der Waals surface area (Å²) in [5, 5.41) is 3.22. The molecule has 0 radical (unpaired) electrons. The van der Waals surface area contributed by atoms with Crippen LogP contribution in [0.5, 0.6) is 5.75 Å². The first kappa shape index (κ1) is 14.5. The third kappa shape index (κ3) is 3.09. The van der Waals surface area contributed by atoms with Crippen molar-refractivity contribution in [3.63, 3.8) is 0 Å². The minimum atomic E-state index is -0.821. The smallest absolute Gasteiger partial charge is 0.261 e. The van der Waals surface area contributed by atoms with Crippen molar-refractivity contribution >= 4 is 23.3 Å². The molecule has 1 atom stereocenters. The summed E-state index contributed by atoms with van der Waals surface area (Å²) in [5.74, 6) is -0.0785. The van der Waals surface area contributed by atoms with Gasteiger partial charge in [0, 0.05) is 24.0 Å². The van der Waals surface area contributed by atoms with E-state index < -0.39 is 6.10 Å². The lowest BCUT2D eigenvalue weighted by molar-refractivity contribution is -0.128. The molecule has 5 nitrogen and oxygen atoms in total. The van der Waals surface area contributed by atoms with Crippen LogP contribution in [0, 0.1) is 0 Å². The third-order valence-corrected chi connectivity index (χ3v) is 3.60. The Morgan fingerprint density at radius 2 is 2.27 bits per heavy atom. The van der Waals surface area contributed by atoms with Crippen molar-refractivity contribution < 1.29 is 14.3 Å². The highest BCUT2D eigenvalue weighted by molar-refractivity contribution is 6.31. The van der Waals surface area contributed by atoms with Gasteiger partial charge in [-0.25, -0.2) is 0 Å². The highest BCUT2D eigenvalue weighted by atomic mass is 35.5. The molecule has 2 aromatic rings. The molecular weight excluding hydrogens is 304 g/mol. The van der Waals surface area contributed by atoms with E-state index in [0.717, 1.165) is 5.56 Å². The summed E-state index contributed by atoms with van der Waals surface area (Å²) >= 11 is 5.87. The van der Waals surface area contributed by atoms with Crippen molar-refractivity contribution in [2.75, 3.05) is 0 Å². The molecule has 0 unspecified atom stereocenters. The SMILES string of the molecule is O=C1C[C@H](C(=O)NCc2cccnc2)Oc2ccc(Cl)cc21. The second kappa shape index (κ2) is 6.15. The van der Waals surface area contributed by atoms with Gasteiger partial charge in [0.05, 0.1) is 12.0 Å². The number of pyridine rings is 1. The van der Waals surface area contributed by atoms with E-state index in [9.17, 15) is 9.59 Å². The van der Waals surface area contributed by atoms with Crippen LogP contribution >= 0.6 is 11.6 Å². The van der Waals surface area contributed by atoms with Gasteiger partial charge in [-0.1, -0.05) is 17.7 Å². The van der Waals surface area contributed by atoms with Crippen LogP contribution in [0.4, 0.5) is 0 Å². The monoisotopic (exact) mass is 316 g/mol. The topological polar surface area (TPSA) is 68.3 Å². The van der Waals surface area contributed by atoms with Gasteiger partial charge >= 0.3 is 0 Å². The number of hydrogen-bond acceptors (Lipinski definition) is 4. The van der Waals surface area contributed by atoms with Crippen molar-refractivity contribution in [1.82, 2.24) is 10.3 Å². The summed E-state index contributed by atoms with van der Waals surface area (Å²) in [7, 11) is 0. The van der Waals surface area contributed by atoms with E-state index in [0.29, 0.717) is 22.9 Å². The summed E-state index contributed by atoms with van der Waals surface area (Å²) in [6, 6.07) is 8.45. The molecule has 1 aromatic heterocycles. The predicted molar refractivity (Wildman–Crippen MR) is 80.9 cm³/mol. The lowest BCUT2D eigenvalue weighted by Crippen LogP contribution is -2.41. The van der Waals surface area contributed by atoms with E-state index in [1.165, 1.54) is 0 Å². The number of amides is 1. The number of hydrogen-bond donors (Lipinski definition) is 1. The number of Topliss-reactive ketones (excluding diaryl/α,β-unsaturated/α-hetero) is 1. The quantitative estimate of drug-likeness (QED) is 0.944. The van der Waals surface area contributed by atoms with E-state index in [-0.39, 0.29) is 18.1 Å². The van der Waals surface area contributed by atoms with Crippen LogP contribution in [-0.2, 0) is 11.3 Å². The summed E-state index contributed by atoms with van der Waals surface area (Å²) in [6.45, 7) is 0.341. The maximum atomic E-state index is 12.2. The van der Waals surface area contributed by atoms with E-state index >= 15 is 0 Å². The molecular formula is C16H13ClN2O3. The molecule has 1 aliphatic heterocycles. The molecule has 1 aromatic carbocycles. The molecule has 0 saturated heterocycles. The molecule has 1 amide bonds. The number of aromatic nitrogens is 1. The molecule has 3 rings (SSSR count). The number of halogens is 1. The largest absolute Gasteiger partial charge is 0.479 e. The van der Waals surface area contributed by atoms with Crippen LogP contribution in [0.25, 0.3) is 0 Å². The van der Waals surface area contributed by atoms with E-state index in [2.05, 4.69) is 10.3 Å². The summed E-state index contributed by atoms with van der Waals surface area (Å²) in [6.07, 6.45) is 2.52. The Kier molecular flexibility index (Phi) is 4.06. The molecule has 0 saturated carbocycles. The van der Waals surface area contributed by atoms with Crippen LogP contribution in [0.15, 0.2) is 42.7 Å². The Morgan fingerprint density at radius 3 is 3.05 bits per heavy atom. The Morgan fingerprint density at radius 1 is 1.41 bits per heavy atom. The first-order valence-corrected chi connectivity index (χ1v) is 7.17. The molecule has 0 aliphatic carbocycles. The Hall–Kier alpha value is -2.40. The minimum Gasteiger partial charge on any atom is -0.479 e. The fourth-order valence-electron chi connectivity index (χ4n) is 2.25. The number of benzene rings is 1. The molecule has 0 spiro atoms. The first-order chi connectivity index (χ1) is 10.6. The number of nitrogens with one attached hydrogen (secondary N) is 1. The normalized spacial score (nSPS) is 16.6. The Labute approximate surface area is 132 Å².